The van der Waals surface area contributed by atoms with Crippen molar-refractivity contribution in [3.8, 4) is 0 Å². The van der Waals surface area contributed by atoms with E-state index in [1.54, 1.807) is 11.5 Å². The lowest BCUT2D eigenvalue weighted by atomic mass is 10.2. The van der Waals surface area contributed by atoms with Crippen molar-refractivity contribution in [2.24, 2.45) is 4.99 Å². The van der Waals surface area contributed by atoms with Crippen molar-refractivity contribution in [1.82, 2.24) is 8.87 Å². The second-order valence-electron chi connectivity index (χ2n) is 7.17. The molecule has 4 rings (SSSR count). The number of halogens is 2. The van der Waals surface area contributed by atoms with Crippen LogP contribution in [0.1, 0.15) is 19.8 Å². The number of carbonyl (C=O) groups excluding carboxylic acids is 2. The van der Waals surface area contributed by atoms with Gasteiger partial charge in [-0.05, 0) is 50.1 Å². The second kappa shape index (κ2) is 9.96. The maximum absolute atomic E-state index is 13.2. The number of ether oxygens (including phenoxy) is 1. The van der Waals surface area contributed by atoms with Crippen molar-refractivity contribution < 1.29 is 22.7 Å². The maximum Gasteiger partial charge on any atom is 0.326 e. The van der Waals surface area contributed by atoms with Crippen molar-refractivity contribution in [2.45, 2.75) is 36.6 Å². The van der Waals surface area contributed by atoms with Gasteiger partial charge in [-0.1, -0.05) is 38.9 Å². The zero-order chi connectivity index (χ0) is 23.8. The molecule has 1 fully saturated rings. The smallest absolute Gasteiger partial charge is 0.326 e. The lowest BCUT2D eigenvalue weighted by molar-refractivity contribution is -0.143. The highest BCUT2D eigenvalue weighted by Crippen LogP contribution is 2.32. The monoisotopic (exact) mass is 591 g/mol. The summed E-state index contributed by atoms with van der Waals surface area (Å²) < 4.78 is 36.2. The predicted molar refractivity (Wildman–Crippen MR) is 131 cm³/mol. The Balaban J connectivity index is 1.72. The van der Waals surface area contributed by atoms with E-state index < -0.39 is 27.9 Å². The van der Waals surface area contributed by atoms with Crippen LogP contribution in [0, 0.1) is 0 Å². The molecule has 1 aliphatic rings. The Morgan fingerprint density at radius 2 is 2.06 bits per heavy atom. The number of carbonyl (C=O) groups is 2. The summed E-state index contributed by atoms with van der Waals surface area (Å²) in [6.45, 7) is 2.07. The fourth-order valence-corrected chi connectivity index (χ4v) is 8.47. The Hall–Kier alpha value is -1.57. The fraction of sp³-hybridized carbons (Fsp3) is 0.350. The zero-order valence-corrected chi connectivity index (χ0v) is 22.2. The molecule has 176 valence electrons. The molecular formula is C20H19BrClN3O5S3. The van der Waals surface area contributed by atoms with Gasteiger partial charge in [-0.3, -0.25) is 9.59 Å². The average molecular weight is 593 g/mol. The Bertz CT molecular complexity index is 1400. The Morgan fingerprint density at radius 1 is 1.27 bits per heavy atom. The molecule has 0 radical (unpaired) electrons. The summed E-state index contributed by atoms with van der Waals surface area (Å²) in [6, 6.07) is 7.58. The molecule has 13 heteroatoms. The molecule has 0 aliphatic carbocycles. The fourth-order valence-electron chi connectivity index (χ4n) is 3.62. The molecule has 0 N–H and O–H groups in total. The van der Waals surface area contributed by atoms with E-state index in [1.165, 1.54) is 27.8 Å². The van der Waals surface area contributed by atoms with Crippen LogP contribution in [0.5, 0.6) is 0 Å². The number of amides is 1. The lowest BCUT2D eigenvalue weighted by Gasteiger charge is -2.20. The molecule has 1 saturated heterocycles. The number of rotatable bonds is 6. The van der Waals surface area contributed by atoms with Gasteiger partial charge in [0.05, 0.1) is 21.2 Å². The van der Waals surface area contributed by atoms with Crippen LogP contribution in [-0.2, 0) is 30.9 Å². The first-order valence-corrected chi connectivity index (χ1v) is 14.3. The molecule has 1 atom stereocenters. The topological polar surface area (TPSA) is 98.0 Å². The van der Waals surface area contributed by atoms with E-state index >= 15 is 0 Å². The number of hydrogen-bond donors (Lipinski definition) is 0. The number of aromatic nitrogens is 1. The number of fused-ring (bicyclic) bond motifs is 1. The lowest BCUT2D eigenvalue weighted by Crippen LogP contribution is -2.40. The van der Waals surface area contributed by atoms with Gasteiger partial charge < -0.3 is 9.30 Å². The van der Waals surface area contributed by atoms with E-state index in [0.29, 0.717) is 22.0 Å². The van der Waals surface area contributed by atoms with Gasteiger partial charge in [0.25, 0.3) is 15.9 Å². The normalized spacial score (nSPS) is 17.7. The highest BCUT2D eigenvalue weighted by atomic mass is 79.9. The van der Waals surface area contributed by atoms with Crippen LogP contribution in [0.2, 0.25) is 4.34 Å². The average Bonchev–Trinajstić information content (AvgIpc) is 3.48. The third-order valence-corrected chi connectivity index (χ3v) is 10.2. The molecule has 3 aromatic rings. The molecule has 1 unspecified atom stereocenters. The van der Waals surface area contributed by atoms with E-state index in [0.717, 1.165) is 26.0 Å². The Morgan fingerprint density at radius 3 is 2.76 bits per heavy atom. The van der Waals surface area contributed by atoms with Crippen LogP contribution in [-0.4, -0.2) is 48.4 Å². The van der Waals surface area contributed by atoms with Crippen molar-refractivity contribution >= 4 is 82.3 Å². The molecule has 3 heterocycles. The Labute approximate surface area is 211 Å². The summed E-state index contributed by atoms with van der Waals surface area (Å²) in [4.78, 5) is 30.0. The van der Waals surface area contributed by atoms with Crippen LogP contribution in [0.15, 0.2) is 44.0 Å². The number of esters is 1. The predicted octanol–water partition coefficient (Wildman–Crippen LogP) is 4.02. The van der Waals surface area contributed by atoms with E-state index in [-0.39, 0.29) is 23.9 Å². The molecule has 0 bridgehead atoms. The molecular weight excluding hydrogens is 574 g/mol. The van der Waals surface area contributed by atoms with Crippen molar-refractivity contribution in [1.29, 1.82) is 0 Å². The second-order valence-corrected chi connectivity index (χ2v) is 12.9. The quantitative estimate of drug-likeness (QED) is 0.403. The van der Waals surface area contributed by atoms with E-state index in [4.69, 9.17) is 16.3 Å². The summed E-state index contributed by atoms with van der Waals surface area (Å²) >= 11 is 11.5. The van der Waals surface area contributed by atoms with Gasteiger partial charge in [0, 0.05) is 11.0 Å². The third-order valence-electron chi connectivity index (χ3n) is 5.04. The standard InChI is InChI=1S/C20H19BrClN3O5S3/c1-2-30-17(26)11-24-13-6-5-12(21)10-15(13)31-20(24)23-19(27)14-4-3-9-25(14)33(28,29)18-8-7-16(22)32-18/h5-8,10,14H,2-4,9,11H2,1H3. The molecule has 0 saturated carbocycles. The SMILES string of the molecule is CCOC(=O)Cn1c(=NC(=O)C2CCCN2S(=O)(=O)c2ccc(Cl)s2)sc2cc(Br)ccc21. The number of hydrogen-bond acceptors (Lipinski definition) is 7. The van der Waals surface area contributed by atoms with Crippen LogP contribution in [0.25, 0.3) is 10.2 Å². The molecule has 1 aromatic carbocycles. The number of nitrogens with zero attached hydrogens (tertiary/aromatic N) is 3. The molecule has 33 heavy (non-hydrogen) atoms. The van der Waals surface area contributed by atoms with Crippen LogP contribution in [0.4, 0.5) is 0 Å². The van der Waals surface area contributed by atoms with Gasteiger partial charge in [-0.15, -0.1) is 11.3 Å². The highest BCUT2D eigenvalue weighted by molar-refractivity contribution is 9.10. The van der Waals surface area contributed by atoms with Gasteiger partial charge >= 0.3 is 5.97 Å². The third kappa shape index (κ3) is 5.10. The first-order chi connectivity index (χ1) is 15.7. The van der Waals surface area contributed by atoms with Crippen LogP contribution >= 0.6 is 50.2 Å². The highest BCUT2D eigenvalue weighted by Gasteiger charge is 2.40. The Kier molecular flexibility index (Phi) is 7.41. The first-order valence-electron chi connectivity index (χ1n) is 10.0. The van der Waals surface area contributed by atoms with Crippen molar-refractivity contribution in [3.05, 3.63) is 43.9 Å². The summed E-state index contributed by atoms with van der Waals surface area (Å²) in [6.07, 6.45) is 0.918. The van der Waals surface area contributed by atoms with Gasteiger partial charge in [0.2, 0.25) is 0 Å². The minimum Gasteiger partial charge on any atom is -0.465 e. The van der Waals surface area contributed by atoms with Gasteiger partial charge in [-0.25, -0.2) is 8.42 Å². The van der Waals surface area contributed by atoms with E-state index in [1.807, 2.05) is 18.2 Å². The summed E-state index contributed by atoms with van der Waals surface area (Å²) in [5, 5.41) is 0. The molecule has 0 spiro atoms. The summed E-state index contributed by atoms with van der Waals surface area (Å²) in [7, 11) is -3.87. The van der Waals surface area contributed by atoms with Gasteiger partial charge in [-0.2, -0.15) is 9.30 Å². The maximum atomic E-state index is 13.2. The number of thiazole rings is 1. The largest absolute Gasteiger partial charge is 0.465 e. The number of sulfonamides is 1. The number of benzene rings is 1. The van der Waals surface area contributed by atoms with E-state index in [2.05, 4.69) is 20.9 Å². The van der Waals surface area contributed by atoms with E-state index in [9.17, 15) is 18.0 Å². The molecule has 8 nitrogen and oxygen atoms in total. The minimum absolute atomic E-state index is 0.0938. The molecule has 1 aliphatic heterocycles. The molecule has 1 amide bonds. The van der Waals surface area contributed by atoms with Gasteiger partial charge in [0.15, 0.2) is 4.80 Å². The van der Waals surface area contributed by atoms with Crippen molar-refractivity contribution in [3.63, 3.8) is 0 Å². The minimum atomic E-state index is -3.87. The summed E-state index contributed by atoms with van der Waals surface area (Å²) in [5.74, 6) is -1.02. The van der Waals surface area contributed by atoms with Crippen molar-refractivity contribution in [2.75, 3.05) is 13.2 Å². The first kappa shape index (κ1) is 24.6. The molecule has 2 aromatic heterocycles. The number of thiophene rings is 1. The zero-order valence-electron chi connectivity index (χ0n) is 17.4. The van der Waals surface area contributed by atoms with Crippen LogP contribution in [0.3, 0.4) is 0 Å². The summed E-state index contributed by atoms with van der Waals surface area (Å²) in [5.41, 5.74) is 0.729. The van der Waals surface area contributed by atoms with Gasteiger partial charge in [0.1, 0.15) is 16.8 Å². The van der Waals surface area contributed by atoms with Crippen LogP contribution < -0.4 is 4.80 Å².